The number of hydrogen-bond donors (Lipinski definition) is 1. The van der Waals surface area contributed by atoms with Gasteiger partial charge in [0.1, 0.15) is 10.8 Å². The molecule has 1 N–H and O–H groups in total. The highest BCUT2D eigenvalue weighted by Gasteiger charge is 2.00. The molecule has 0 atom stereocenters. The minimum Gasteiger partial charge on any atom is -0.339 e. The molecule has 18 heavy (non-hydrogen) atoms. The summed E-state index contributed by atoms with van der Waals surface area (Å²) in [5, 5.41) is 6.19. The first-order valence-corrected chi connectivity index (χ1v) is 6.33. The van der Waals surface area contributed by atoms with E-state index in [1.165, 1.54) is 0 Å². The molecule has 0 aliphatic rings. The van der Waals surface area contributed by atoms with Crippen molar-refractivity contribution >= 4 is 22.8 Å². The number of benzene rings is 1. The third-order valence-electron chi connectivity index (χ3n) is 2.40. The fourth-order valence-corrected chi connectivity index (χ4v) is 2.22. The Morgan fingerprint density at radius 2 is 1.83 bits per heavy atom. The van der Waals surface area contributed by atoms with E-state index in [1.54, 1.807) is 29.9 Å². The zero-order valence-corrected chi connectivity index (χ0v) is 10.3. The average molecular weight is 254 g/mol. The van der Waals surface area contributed by atoms with Gasteiger partial charge in [0.15, 0.2) is 0 Å². The lowest BCUT2D eigenvalue weighted by atomic mass is 10.2. The topological polar surface area (TPSA) is 50.7 Å². The molecule has 1 aromatic carbocycles. The third-order valence-corrected chi connectivity index (χ3v) is 3.22. The number of thiazole rings is 1. The van der Waals surface area contributed by atoms with Gasteiger partial charge in [-0.25, -0.2) is 9.97 Å². The second-order valence-electron chi connectivity index (χ2n) is 3.63. The first-order valence-electron chi connectivity index (χ1n) is 5.45. The predicted octanol–water partition coefficient (Wildman–Crippen LogP) is 3.34. The fraction of sp³-hybridized carbons (Fsp3) is 0. The maximum atomic E-state index is 4.28. The number of rotatable bonds is 3. The maximum absolute atomic E-state index is 4.28. The molecule has 0 fully saturated rings. The molecule has 2 aromatic heterocycles. The van der Waals surface area contributed by atoms with Gasteiger partial charge in [0.2, 0.25) is 0 Å². The lowest BCUT2D eigenvalue weighted by Gasteiger charge is -2.05. The highest BCUT2D eigenvalue weighted by atomic mass is 32.1. The van der Waals surface area contributed by atoms with Gasteiger partial charge < -0.3 is 5.32 Å². The van der Waals surface area contributed by atoms with Crippen molar-refractivity contribution in [2.24, 2.45) is 0 Å². The van der Waals surface area contributed by atoms with E-state index in [4.69, 9.17) is 0 Å². The maximum Gasteiger partial charge on any atom is 0.148 e. The lowest BCUT2D eigenvalue weighted by molar-refractivity contribution is 1.20. The molecule has 0 unspecified atom stereocenters. The van der Waals surface area contributed by atoms with Crippen LogP contribution < -0.4 is 5.32 Å². The van der Waals surface area contributed by atoms with Crippen molar-refractivity contribution in [1.29, 1.82) is 0 Å². The fourth-order valence-electron chi connectivity index (χ4n) is 1.57. The Balaban J connectivity index is 1.80. The van der Waals surface area contributed by atoms with Gasteiger partial charge in [-0.05, 0) is 24.3 Å². The van der Waals surface area contributed by atoms with Gasteiger partial charge in [0, 0.05) is 35.2 Å². The monoisotopic (exact) mass is 254 g/mol. The SMILES string of the molecule is c1cnc(Nc2ccc(-c3nccs3)cc2)cn1. The standard InChI is InChI=1S/C13H10N4S/c1-3-11(17-12-9-14-5-6-15-12)4-2-10(1)13-16-7-8-18-13/h1-9H,(H,15,17). The molecule has 4 nitrogen and oxygen atoms in total. The molecule has 0 aliphatic carbocycles. The van der Waals surface area contributed by atoms with Crippen LogP contribution in [0.2, 0.25) is 0 Å². The number of nitrogens with one attached hydrogen (secondary N) is 1. The van der Waals surface area contributed by atoms with Gasteiger partial charge in [0.25, 0.3) is 0 Å². The van der Waals surface area contributed by atoms with Gasteiger partial charge in [-0.2, -0.15) is 0 Å². The van der Waals surface area contributed by atoms with E-state index >= 15 is 0 Å². The quantitative estimate of drug-likeness (QED) is 0.778. The van der Waals surface area contributed by atoms with Crippen LogP contribution in [0.3, 0.4) is 0 Å². The lowest BCUT2D eigenvalue weighted by Crippen LogP contribution is -1.93. The van der Waals surface area contributed by atoms with E-state index in [0.717, 1.165) is 22.1 Å². The molecular formula is C13H10N4S. The molecule has 3 rings (SSSR count). The van der Waals surface area contributed by atoms with Crippen molar-refractivity contribution < 1.29 is 0 Å². The highest BCUT2D eigenvalue weighted by molar-refractivity contribution is 7.13. The van der Waals surface area contributed by atoms with Crippen LogP contribution in [0, 0.1) is 0 Å². The minimum absolute atomic E-state index is 0.736. The zero-order valence-electron chi connectivity index (χ0n) is 9.45. The van der Waals surface area contributed by atoms with Gasteiger partial charge >= 0.3 is 0 Å². The van der Waals surface area contributed by atoms with Crippen LogP contribution in [0.1, 0.15) is 0 Å². The number of anilines is 2. The third kappa shape index (κ3) is 2.36. The molecule has 0 amide bonds. The van der Waals surface area contributed by atoms with Crippen molar-refractivity contribution in [1.82, 2.24) is 15.0 Å². The van der Waals surface area contributed by atoms with Crippen LogP contribution >= 0.6 is 11.3 Å². The normalized spacial score (nSPS) is 10.2. The van der Waals surface area contributed by atoms with Crippen LogP contribution in [0.25, 0.3) is 10.6 Å². The first kappa shape index (κ1) is 10.9. The second-order valence-corrected chi connectivity index (χ2v) is 4.52. The number of aromatic nitrogens is 3. The molecule has 0 saturated heterocycles. The van der Waals surface area contributed by atoms with E-state index in [-0.39, 0.29) is 0 Å². The molecular weight excluding hydrogens is 244 g/mol. The summed E-state index contributed by atoms with van der Waals surface area (Å²) in [6.07, 6.45) is 6.81. The van der Waals surface area contributed by atoms with E-state index < -0.39 is 0 Å². The summed E-state index contributed by atoms with van der Waals surface area (Å²) in [5.41, 5.74) is 2.10. The Morgan fingerprint density at radius 3 is 2.50 bits per heavy atom. The first-order chi connectivity index (χ1) is 8.92. The number of nitrogens with zero attached hydrogens (tertiary/aromatic N) is 3. The second kappa shape index (κ2) is 4.93. The van der Waals surface area contributed by atoms with Crippen molar-refractivity contribution in [2.75, 3.05) is 5.32 Å². The molecule has 0 aliphatic heterocycles. The van der Waals surface area contributed by atoms with Gasteiger partial charge in [-0.3, -0.25) is 4.98 Å². The summed E-state index contributed by atoms with van der Waals surface area (Å²) in [6.45, 7) is 0. The minimum atomic E-state index is 0.736. The summed E-state index contributed by atoms with van der Waals surface area (Å²) >= 11 is 1.63. The summed E-state index contributed by atoms with van der Waals surface area (Å²) in [7, 11) is 0. The Kier molecular flexibility index (Phi) is 2.97. The smallest absolute Gasteiger partial charge is 0.148 e. The van der Waals surface area contributed by atoms with Gasteiger partial charge in [0.05, 0.1) is 6.20 Å². The predicted molar refractivity (Wildman–Crippen MR) is 72.9 cm³/mol. The summed E-state index contributed by atoms with van der Waals surface area (Å²) in [4.78, 5) is 12.4. The molecule has 0 spiro atoms. The highest BCUT2D eigenvalue weighted by Crippen LogP contribution is 2.24. The largest absolute Gasteiger partial charge is 0.339 e. The number of hydrogen-bond acceptors (Lipinski definition) is 5. The van der Waals surface area contributed by atoms with E-state index in [2.05, 4.69) is 20.3 Å². The van der Waals surface area contributed by atoms with Crippen LogP contribution in [0.5, 0.6) is 0 Å². The molecule has 0 bridgehead atoms. The Hall–Kier alpha value is -2.27. The molecule has 2 heterocycles. The molecule has 88 valence electrons. The summed E-state index contributed by atoms with van der Waals surface area (Å²) < 4.78 is 0. The Morgan fingerprint density at radius 1 is 0.944 bits per heavy atom. The molecule has 5 heteroatoms. The van der Waals surface area contributed by atoms with Crippen molar-refractivity contribution in [2.45, 2.75) is 0 Å². The zero-order chi connectivity index (χ0) is 12.2. The van der Waals surface area contributed by atoms with Crippen LogP contribution in [-0.4, -0.2) is 15.0 Å². The summed E-state index contributed by atoms with van der Waals surface area (Å²) in [6, 6.07) is 8.09. The van der Waals surface area contributed by atoms with Gasteiger partial charge in [-0.15, -0.1) is 11.3 Å². The Bertz CT molecular complexity index is 605. The van der Waals surface area contributed by atoms with Crippen molar-refractivity contribution in [3.63, 3.8) is 0 Å². The van der Waals surface area contributed by atoms with Crippen LogP contribution in [0.4, 0.5) is 11.5 Å². The van der Waals surface area contributed by atoms with E-state index in [0.29, 0.717) is 0 Å². The van der Waals surface area contributed by atoms with E-state index in [1.807, 2.05) is 35.8 Å². The summed E-state index contributed by atoms with van der Waals surface area (Å²) in [5.74, 6) is 0.736. The molecule has 0 radical (unpaired) electrons. The molecule has 3 aromatic rings. The van der Waals surface area contributed by atoms with Crippen molar-refractivity contribution in [3.05, 3.63) is 54.4 Å². The van der Waals surface area contributed by atoms with Crippen LogP contribution in [-0.2, 0) is 0 Å². The van der Waals surface area contributed by atoms with Crippen LogP contribution in [0.15, 0.2) is 54.4 Å². The van der Waals surface area contributed by atoms with Crippen molar-refractivity contribution in [3.8, 4) is 10.6 Å². The Labute approximate surface area is 108 Å². The van der Waals surface area contributed by atoms with E-state index in [9.17, 15) is 0 Å². The molecule has 0 saturated carbocycles. The van der Waals surface area contributed by atoms with Gasteiger partial charge in [-0.1, -0.05) is 0 Å². The average Bonchev–Trinajstić information content (AvgIpc) is 2.95.